The van der Waals surface area contributed by atoms with Crippen molar-refractivity contribution in [3.63, 3.8) is 0 Å². The van der Waals surface area contributed by atoms with Crippen molar-refractivity contribution in [3.8, 4) is 0 Å². The van der Waals surface area contributed by atoms with E-state index in [-0.39, 0.29) is 11.1 Å². The number of hydrogen-bond acceptors (Lipinski definition) is 3. The number of nitrogens with zero attached hydrogens (tertiary/aromatic N) is 1. The Hall–Kier alpha value is -1.88. The highest BCUT2D eigenvalue weighted by atomic mass is 32.1. The number of rotatable bonds is 3. The molecular formula is C11H9NO3S. The molecule has 0 saturated carbocycles. The van der Waals surface area contributed by atoms with Gasteiger partial charge in [-0.25, -0.2) is 4.79 Å². The Kier molecular flexibility index (Phi) is 2.87. The summed E-state index contributed by atoms with van der Waals surface area (Å²) < 4.78 is 1.39. The fraction of sp³-hybridized carbons (Fsp3) is 0.0909. The maximum Gasteiger partial charge on any atom is 0.337 e. The van der Waals surface area contributed by atoms with Crippen LogP contribution in [0, 0.1) is 0 Å². The molecule has 0 radical (unpaired) electrons. The van der Waals surface area contributed by atoms with Crippen LogP contribution in [0.15, 0.2) is 40.0 Å². The molecular weight excluding hydrogens is 226 g/mol. The predicted octanol–water partition coefficient (Wildman–Crippen LogP) is 1.66. The Morgan fingerprint density at radius 1 is 1.38 bits per heavy atom. The number of hydrogen-bond donors (Lipinski definition) is 1. The molecule has 0 atom stereocenters. The summed E-state index contributed by atoms with van der Waals surface area (Å²) in [6.07, 6.45) is 1.36. The fourth-order valence-corrected chi connectivity index (χ4v) is 2.02. The van der Waals surface area contributed by atoms with Gasteiger partial charge in [0, 0.05) is 12.3 Å². The SMILES string of the molecule is O=C(O)c1ccc(=O)n(Cc2ccsc2)c1. The molecule has 0 fully saturated rings. The van der Waals surface area contributed by atoms with E-state index < -0.39 is 5.97 Å². The standard InChI is InChI=1S/C11H9NO3S/c13-10-2-1-9(11(14)15)6-12(10)5-8-3-4-16-7-8/h1-4,6-7H,5H2,(H,14,15). The van der Waals surface area contributed by atoms with Gasteiger partial charge in [-0.3, -0.25) is 4.79 Å². The number of pyridine rings is 1. The molecule has 16 heavy (non-hydrogen) atoms. The summed E-state index contributed by atoms with van der Waals surface area (Å²) in [7, 11) is 0. The third-order valence-corrected chi connectivity index (χ3v) is 2.90. The van der Waals surface area contributed by atoms with Gasteiger partial charge < -0.3 is 9.67 Å². The second-order valence-corrected chi connectivity index (χ2v) is 4.10. The highest BCUT2D eigenvalue weighted by Gasteiger charge is 2.05. The Morgan fingerprint density at radius 2 is 2.19 bits per heavy atom. The van der Waals surface area contributed by atoms with E-state index in [1.165, 1.54) is 22.9 Å². The van der Waals surface area contributed by atoms with Crippen LogP contribution in [0.3, 0.4) is 0 Å². The van der Waals surface area contributed by atoms with Crippen LogP contribution >= 0.6 is 11.3 Å². The first-order chi connectivity index (χ1) is 7.66. The van der Waals surface area contributed by atoms with Crippen LogP contribution in [0.25, 0.3) is 0 Å². The van der Waals surface area contributed by atoms with Crippen LogP contribution in [-0.2, 0) is 6.54 Å². The van der Waals surface area contributed by atoms with Crippen LogP contribution in [0.4, 0.5) is 0 Å². The Morgan fingerprint density at radius 3 is 2.81 bits per heavy atom. The van der Waals surface area contributed by atoms with Gasteiger partial charge in [0.05, 0.1) is 12.1 Å². The summed E-state index contributed by atoms with van der Waals surface area (Å²) in [5.74, 6) is -1.03. The van der Waals surface area contributed by atoms with Gasteiger partial charge >= 0.3 is 5.97 Å². The molecule has 0 aliphatic heterocycles. The van der Waals surface area contributed by atoms with Crippen molar-refractivity contribution in [2.24, 2.45) is 0 Å². The van der Waals surface area contributed by atoms with Gasteiger partial charge in [0.2, 0.25) is 0 Å². The molecule has 0 spiro atoms. The molecule has 2 aromatic heterocycles. The highest BCUT2D eigenvalue weighted by molar-refractivity contribution is 7.07. The lowest BCUT2D eigenvalue weighted by Gasteiger charge is -2.04. The maximum atomic E-state index is 11.5. The van der Waals surface area contributed by atoms with Crippen molar-refractivity contribution in [2.45, 2.75) is 6.54 Å². The Bertz CT molecular complexity index is 557. The van der Waals surface area contributed by atoms with E-state index in [2.05, 4.69) is 0 Å². The largest absolute Gasteiger partial charge is 0.478 e. The lowest BCUT2D eigenvalue weighted by Crippen LogP contribution is -2.20. The van der Waals surface area contributed by atoms with Crippen molar-refractivity contribution >= 4 is 17.3 Å². The highest BCUT2D eigenvalue weighted by Crippen LogP contribution is 2.07. The predicted molar refractivity (Wildman–Crippen MR) is 61.1 cm³/mol. The smallest absolute Gasteiger partial charge is 0.337 e. The zero-order valence-corrected chi connectivity index (χ0v) is 9.11. The summed E-state index contributed by atoms with van der Waals surface area (Å²) in [6.45, 7) is 0.406. The summed E-state index contributed by atoms with van der Waals surface area (Å²) >= 11 is 1.54. The van der Waals surface area contributed by atoms with Crippen LogP contribution in [-0.4, -0.2) is 15.6 Å². The lowest BCUT2D eigenvalue weighted by atomic mass is 10.2. The minimum atomic E-state index is -1.03. The van der Waals surface area contributed by atoms with Gasteiger partial charge in [-0.2, -0.15) is 11.3 Å². The first kappa shape index (κ1) is 10.6. The van der Waals surface area contributed by atoms with E-state index in [4.69, 9.17) is 5.11 Å². The quantitative estimate of drug-likeness (QED) is 0.880. The summed E-state index contributed by atoms with van der Waals surface area (Å²) in [5, 5.41) is 12.7. The molecule has 0 saturated heterocycles. The first-order valence-electron chi connectivity index (χ1n) is 4.61. The van der Waals surface area contributed by atoms with E-state index in [0.29, 0.717) is 6.54 Å². The summed E-state index contributed by atoms with van der Waals surface area (Å²) in [4.78, 5) is 22.2. The maximum absolute atomic E-state index is 11.5. The van der Waals surface area contributed by atoms with E-state index >= 15 is 0 Å². The lowest BCUT2D eigenvalue weighted by molar-refractivity contribution is 0.0696. The molecule has 2 rings (SSSR count). The van der Waals surface area contributed by atoms with E-state index in [9.17, 15) is 9.59 Å². The third-order valence-electron chi connectivity index (χ3n) is 2.16. The minimum Gasteiger partial charge on any atom is -0.478 e. The minimum absolute atomic E-state index is 0.120. The van der Waals surface area contributed by atoms with Crippen molar-refractivity contribution in [1.29, 1.82) is 0 Å². The molecule has 2 aromatic rings. The average molecular weight is 235 g/mol. The van der Waals surface area contributed by atoms with Crippen molar-refractivity contribution in [3.05, 3.63) is 56.6 Å². The Balaban J connectivity index is 2.36. The molecule has 2 heterocycles. The van der Waals surface area contributed by atoms with Crippen molar-refractivity contribution in [2.75, 3.05) is 0 Å². The molecule has 0 amide bonds. The summed E-state index contributed by atoms with van der Waals surface area (Å²) in [5.41, 5.74) is 0.917. The molecule has 4 nitrogen and oxygen atoms in total. The van der Waals surface area contributed by atoms with Crippen molar-refractivity contribution < 1.29 is 9.90 Å². The van der Waals surface area contributed by atoms with Crippen LogP contribution in [0.5, 0.6) is 0 Å². The number of aromatic nitrogens is 1. The van der Waals surface area contributed by atoms with E-state index in [1.807, 2.05) is 16.8 Å². The molecule has 0 unspecified atom stereocenters. The van der Waals surface area contributed by atoms with Crippen LogP contribution < -0.4 is 5.56 Å². The number of carboxylic acid groups (broad SMARTS) is 1. The summed E-state index contributed by atoms with van der Waals surface area (Å²) in [6, 6.07) is 4.50. The third kappa shape index (κ3) is 2.20. The van der Waals surface area contributed by atoms with E-state index in [0.717, 1.165) is 5.56 Å². The molecule has 0 aromatic carbocycles. The molecule has 0 aliphatic carbocycles. The molecule has 1 N–H and O–H groups in total. The molecule has 0 aliphatic rings. The van der Waals surface area contributed by atoms with Gasteiger partial charge in [-0.15, -0.1) is 0 Å². The molecule has 82 valence electrons. The number of carbonyl (C=O) groups is 1. The van der Waals surface area contributed by atoms with Gasteiger partial charge in [0.1, 0.15) is 0 Å². The van der Waals surface area contributed by atoms with Gasteiger partial charge in [0.25, 0.3) is 5.56 Å². The zero-order valence-electron chi connectivity index (χ0n) is 8.29. The number of thiophene rings is 1. The van der Waals surface area contributed by atoms with Crippen molar-refractivity contribution in [1.82, 2.24) is 4.57 Å². The fourth-order valence-electron chi connectivity index (χ4n) is 1.36. The normalized spacial score (nSPS) is 10.2. The second-order valence-electron chi connectivity index (χ2n) is 3.32. The zero-order chi connectivity index (χ0) is 11.5. The second kappa shape index (κ2) is 4.32. The number of aromatic carboxylic acids is 1. The number of carboxylic acids is 1. The van der Waals surface area contributed by atoms with Crippen LogP contribution in [0.1, 0.15) is 15.9 Å². The van der Waals surface area contributed by atoms with Gasteiger partial charge in [-0.1, -0.05) is 0 Å². The van der Waals surface area contributed by atoms with E-state index in [1.54, 1.807) is 11.3 Å². The van der Waals surface area contributed by atoms with Crippen LogP contribution in [0.2, 0.25) is 0 Å². The topological polar surface area (TPSA) is 59.3 Å². The molecule has 5 heteroatoms. The monoisotopic (exact) mass is 235 g/mol. The Labute approximate surface area is 95.4 Å². The van der Waals surface area contributed by atoms with Gasteiger partial charge in [0.15, 0.2) is 0 Å². The first-order valence-corrected chi connectivity index (χ1v) is 5.56. The average Bonchev–Trinajstić information content (AvgIpc) is 2.73. The molecule has 0 bridgehead atoms. The van der Waals surface area contributed by atoms with Gasteiger partial charge in [-0.05, 0) is 28.5 Å².